The molecule has 2 amide bonds. The van der Waals surface area contributed by atoms with Crippen LogP contribution in [0.3, 0.4) is 0 Å². The molecule has 0 aliphatic heterocycles. The molecule has 0 aliphatic carbocycles. The van der Waals surface area contributed by atoms with Gasteiger partial charge in [-0.1, -0.05) is 43.7 Å². The van der Waals surface area contributed by atoms with Crippen LogP contribution >= 0.6 is 0 Å². The lowest BCUT2D eigenvalue weighted by molar-refractivity contribution is 0.167. The number of aliphatic hydroxyl groups excluding tert-OH is 1. The summed E-state index contributed by atoms with van der Waals surface area (Å²) < 4.78 is 1.76. The van der Waals surface area contributed by atoms with E-state index >= 15 is 0 Å². The second-order valence-electron chi connectivity index (χ2n) is 6.36. The van der Waals surface area contributed by atoms with Gasteiger partial charge in [-0.2, -0.15) is 5.10 Å². The van der Waals surface area contributed by atoms with E-state index in [4.69, 9.17) is 0 Å². The van der Waals surface area contributed by atoms with Crippen molar-refractivity contribution in [1.82, 2.24) is 15.1 Å². The number of aromatic nitrogens is 2. The molecular formula is C18H26N4O2. The average molecular weight is 330 g/mol. The van der Waals surface area contributed by atoms with Crippen LogP contribution in [0, 0.1) is 6.92 Å². The van der Waals surface area contributed by atoms with Crippen LogP contribution in [0.2, 0.25) is 0 Å². The maximum Gasteiger partial charge on any atom is 0.320 e. The normalized spacial score (nSPS) is 13.3. The van der Waals surface area contributed by atoms with E-state index in [1.54, 1.807) is 4.68 Å². The molecule has 130 valence electrons. The molecule has 0 fully saturated rings. The first-order valence-corrected chi connectivity index (χ1v) is 8.24. The highest BCUT2D eigenvalue weighted by Crippen LogP contribution is 2.15. The number of amides is 2. The fourth-order valence-electron chi connectivity index (χ4n) is 2.68. The quantitative estimate of drug-likeness (QED) is 0.730. The third-order valence-electron chi connectivity index (χ3n) is 3.88. The highest BCUT2D eigenvalue weighted by atomic mass is 16.3. The minimum Gasteiger partial charge on any atom is -0.394 e. The van der Waals surface area contributed by atoms with Crippen LogP contribution in [0.25, 0.3) is 0 Å². The Balaban J connectivity index is 2.08. The predicted octanol–water partition coefficient (Wildman–Crippen LogP) is 2.91. The molecule has 0 bridgehead atoms. The number of urea groups is 1. The molecule has 2 rings (SSSR count). The maximum atomic E-state index is 12.3. The monoisotopic (exact) mass is 330 g/mol. The van der Waals surface area contributed by atoms with Crippen LogP contribution in [-0.2, 0) is 6.54 Å². The fraction of sp³-hybridized carbons (Fsp3) is 0.444. The molecule has 0 saturated heterocycles. The van der Waals surface area contributed by atoms with Crippen molar-refractivity contribution in [2.75, 3.05) is 11.9 Å². The zero-order chi connectivity index (χ0) is 17.6. The number of nitrogens with zero attached hydrogens (tertiary/aromatic N) is 2. The number of hydrogen-bond donors (Lipinski definition) is 3. The van der Waals surface area contributed by atoms with Gasteiger partial charge in [-0.25, -0.2) is 9.48 Å². The van der Waals surface area contributed by atoms with E-state index < -0.39 is 5.54 Å². The summed E-state index contributed by atoms with van der Waals surface area (Å²) in [5.74, 6) is 0.630. The lowest BCUT2D eigenvalue weighted by Crippen LogP contribution is -2.50. The molecule has 2 aromatic rings. The SMILES string of the molecule is CCCC(C)(CO)NC(=O)Nc1cc(C)nn1Cc1ccccc1. The van der Waals surface area contributed by atoms with Crippen molar-refractivity contribution in [3.05, 3.63) is 47.7 Å². The minimum absolute atomic E-state index is 0.101. The number of hydrogen-bond acceptors (Lipinski definition) is 3. The van der Waals surface area contributed by atoms with Gasteiger partial charge in [0.05, 0.1) is 24.4 Å². The highest BCUT2D eigenvalue weighted by Gasteiger charge is 2.25. The zero-order valence-corrected chi connectivity index (χ0v) is 14.5. The van der Waals surface area contributed by atoms with Gasteiger partial charge in [-0.3, -0.25) is 5.32 Å². The summed E-state index contributed by atoms with van der Waals surface area (Å²) in [6.07, 6.45) is 1.58. The van der Waals surface area contributed by atoms with Gasteiger partial charge >= 0.3 is 6.03 Å². The Bertz CT molecular complexity index is 669. The Labute approximate surface area is 142 Å². The highest BCUT2D eigenvalue weighted by molar-refractivity contribution is 5.89. The molecule has 24 heavy (non-hydrogen) atoms. The minimum atomic E-state index is -0.627. The Morgan fingerprint density at radius 3 is 2.67 bits per heavy atom. The smallest absolute Gasteiger partial charge is 0.320 e. The van der Waals surface area contributed by atoms with E-state index in [2.05, 4.69) is 15.7 Å². The van der Waals surface area contributed by atoms with Gasteiger partial charge in [0.1, 0.15) is 5.82 Å². The molecule has 0 aliphatic rings. The largest absolute Gasteiger partial charge is 0.394 e. The van der Waals surface area contributed by atoms with Crippen LogP contribution in [-0.4, -0.2) is 33.1 Å². The molecule has 1 aromatic heterocycles. The van der Waals surface area contributed by atoms with Crippen molar-refractivity contribution < 1.29 is 9.90 Å². The van der Waals surface area contributed by atoms with Gasteiger partial charge < -0.3 is 10.4 Å². The molecule has 6 nitrogen and oxygen atoms in total. The summed E-state index contributed by atoms with van der Waals surface area (Å²) in [5, 5.41) is 19.7. The first kappa shape index (κ1) is 18.0. The first-order chi connectivity index (χ1) is 11.5. The number of carbonyl (C=O) groups excluding carboxylic acids is 1. The summed E-state index contributed by atoms with van der Waals surface area (Å²) >= 11 is 0. The van der Waals surface area contributed by atoms with E-state index in [0.29, 0.717) is 18.8 Å². The Morgan fingerprint density at radius 2 is 2.04 bits per heavy atom. The number of carbonyl (C=O) groups is 1. The Morgan fingerprint density at radius 1 is 1.33 bits per heavy atom. The lowest BCUT2D eigenvalue weighted by atomic mass is 9.98. The van der Waals surface area contributed by atoms with Gasteiger partial charge in [-0.15, -0.1) is 0 Å². The number of rotatable bonds is 7. The summed E-state index contributed by atoms with van der Waals surface area (Å²) in [4.78, 5) is 12.3. The lowest BCUT2D eigenvalue weighted by Gasteiger charge is -2.28. The molecule has 1 unspecified atom stereocenters. The number of nitrogens with one attached hydrogen (secondary N) is 2. The molecular weight excluding hydrogens is 304 g/mol. The van der Waals surface area contributed by atoms with Crippen LogP contribution in [0.5, 0.6) is 0 Å². The number of aryl methyl sites for hydroxylation is 1. The average Bonchev–Trinajstić information content (AvgIpc) is 2.87. The van der Waals surface area contributed by atoms with Gasteiger partial charge in [0, 0.05) is 6.07 Å². The molecule has 1 atom stereocenters. The number of anilines is 1. The molecule has 0 radical (unpaired) electrons. The van der Waals surface area contributed by atoms with Gasteiger partial charge in [0.25, 0.3) is 0 Å². The van der Waals surface area contributed by atoms with E-state index in [1.165, 1.54) is 0 Å². The van der Waals surface area contributed by atoms with Crippen molar-refractivity contribution in [1.29, 1.82) is 0 Å². The Kier molecular flexibility index (Phi) is 5.98. The van der Waals surface area contributed by atoms with Crippen molar-refractivity contribution in [3.63, 3.8) is 0 Å². The maximum absolute atomic E-state index is 12.3. The molecule has 3 N–H and O–H groups in total. The first-order valence-electron chi connectivity index (χ1n) is 8.24. The van der Waals surface area contributed by atoms with Crippen molar-refractivity contribution in [3.8, 4) is 0 Å². The molecule has 6 heteroatoms. The second-order valence-corrected chi connectivity index (χ2v) is 6.36. The van der Waals surface area contributed by atoms with Crippen LogP contribution in [0.15, 0.2) is 36.4 Å². The number of aliphatic hydroxyl groups is 1. The molecule has 1 aromatic carbocycles. The third-order valence-corrected chi connectivity index (χ3v) is 3.88. The topological polar surface area (TPSA) is 79.2 Å². The van der Waals surface area contributed by atoms with Crippen molar-refractivity contribution in [2.24, 2.45) is 0 Å². The van der Waals surface area contributed by atoms with Gasteiger partial charge in [0.2, 0.25) is 0 Å². The standard InChI is InChI=1S/C18H26N4O2/c1-4-10-18(3,13-23)20-17(24)19-16-11-14(2)21-22(16)12-15-8-6-5-7-9-15/h5-9,11,23H,4,10,12-13H2,1-3H3,(H2,19,20,24). The van der Waals surface area contributed by atoms with Gasteiger partial charge in [-0.05, 0) is 25.8 Å². The van der Waals surface area contributed by atoms with Crippen molar-refractivity contribution >= 4 is 11.8 Å². The van der Waals surface area contributed by atoms with E-state index in [9.17, 15) is 9.90 Å². The van der Waals surface area contributed by atoms with Crippen molar-refractivity contribution in [2.45, 2.75) is 45.7 Å². The van der Waals surface area contributed by atoms with E-state index in [1.807, 2.05) is 57.2 Å². The Hall–Kier alpha value is -2.34. The molecule has 0 saturated carbocycles. The number of benzene rings is 1. The third kappa shape index (κ3) is 4.83. The van der Waals surface area contributed by atoms with Crippen LogP contribution in [0.1, 0.15) is 37.9 Å². The summed E-state index contributed by atoms with van der Waals surface area (Å²) in [5.41, 5.74) is 1.31. The van der Waals surface area contributed by atoms with Crippen LogP contribution < -0.4 is 10.6 Å². The predicted molar refractivity (Wildman–Crippen MR) is 95.1 cm³/mol. The van der Waals surface area contributed by atoms with E-state index in [0.717, 1.165) is 17.7 Å². The fourth-order valence-corrected chi connectivity index (χ4v) is 2.68. The zero-order valence-electron chi connectivity index (χ0n) is 14.5. The summed E-state index contributed by atoms with van der Waals surface area (Å²) in [6.45, 7) is 6.22. The summed E-state index contributed by atoms with van der Waals surface area (Å²) in [7, 11) is 0. The van der Waals surface area contributed by atoms with Gasteiger partial charge in [0.15, 0.2) is 0 Å². The second kappa shape index (κ2) is 7.97. The van der Waals surface area contributed by atoms with Crippen LogP contribution in [0.4, 0.5) is 10.6 Å². The molecule has 1 heterocycles. The molecule has 0 spiro atoms. The van der Waals surface area contributed by atoms with E-state index in [-0.39, 0.29) is 12.6 Å². The summed E-state index contributed by atoms with van der Waals surface area (Å²) in [6, 6.07) is 11.4.